The minimum absolute atomic E-state index is 0.0879. The predicted octanol–water partition coefficient (Wildman–Crippen LogP) is -0.106. The molecule has 2 fully saturated rings. The van der Waals surface area contributed by atoms with Crippen LogP contribution in [0.25, 0.3) is 28.4 Å². The van der Waals surface area contributed by atoms with E-state index in [4.69, 9.17) is 28.1 Å². The van der Waals surface area contributed by atoms with Crippen LogP contribution in [0, 0.1) is 0 Å². The average molecular weight is 771 g/mol. The lowest BCUT2D eigenvalue weighted by Gasteiger charge is -2.46. The summed E-state index contributed by atoms with van der Waals surface area (Å²) in [5, 5.41) is 105. The number of aliphatic hydroxyl groups is 6. The van der Waals surface area contributed by atoms with Crippen LogP contribution in [-0.4, -0.2) is 132 Å². The van der Waals surface area contributed by atoms with Crippen LogP contribution in [0.1, 0.15) is 17.2 Å². The van der Waals surface area contributed by atoms with Gasteiger partial charge in [0.1, 0.15) is 89.9 Å². The third-order valence-corrected chi connectivity index (χ3v) is 9.27. The fourth-order valence-corrected chi connectivity index (χ4v) is 6.34. The van der Waals surface area contributed by atoms with Crippen LogP contribution in [0.2, 0.25) is 0 Å². The fraction of sp³-hybridized carbons (Fsp3) is 0.351. The number of hydrogen-bond acceptors (Lipinski definition) is 18. The van der Waals surface area contributed by atoms with Crippen LogP contribution in [0.4, 0.5) is 0 Å². The molecule has 0 bridgehead atoms. The fourth-order valence-electron chi connectivity index (χ4n) is 6.34. The molecule has 6 rings (SSSR count). The first-order valence-electron chi connectivity index (χ1n) is 16.7. The molecule has 2 aliphatic heterocycles. The molecule has 0 unspecified atom stereocenters. The van der Waals surface area contributed by atoms with Crippen LogP contribution < -0.4 is 10.2 Å². The van der Waals surface area contributed by atoms with E-state index in [1.54, 1.807) is 0 Å². The lowest BCUT2D eigenvalue weighted by atomic mass is 9.89. The van der Waals surface area contributed by atoms with Gasteiger partial charge >= 0.3 is 5.97 Å². The summed E-state index contributed by atoms with van der Waals surface area (Å²) in [4.78, 5) is 25.9. The third-order valence-electron chi connectivity index (χ3n) is 9.27. The van der Waals surface area contributed by atoms with E-state index in [0.29, 0.717) is 11.1 Å². The number of aromatic hydroxyl groups is 4. The highest BCUT2D eigenvalue weighted by molar-refractivity contribution is 5.90. The molecule has 0 spiro atoms. The SMILES string of the molecule is COc1cc(/C=C\C(=O)OC[C@H]2O[C@@H](O[C@@H]3[C@@H](O)[C@@H](O)[C@@H](CO)O[C@@H]3c3c(O)cc(O)c4c(=O)cc(-c5ccc(O)cc5)oc34)[C@@H](O)[C@@H](O)[C@H]2O)ccc1O. The molecule has 0 saturated carbocycles. The maximum absolute atomic E-state index is 13.3. The number of aliphatic hydroxyl groups excluding tert-OH is 6. The van der Waals surface area contributed by atoms with Gasteiger partial charge in [-0.1, -0.05) is 6.07 Å². The highest BCUT2D eigenvalue weighted by atomic mass is 16.7. The highest BCUT2D eigenvalue weighted by Gasteiger charge is 2.52. The molecule has 55 heavy (non-hydrogen) atoms. The first-order chi connectivity index (χ1) is 26.2. The van der Waals surface area contributed by atoms with E-state index in [-0.39, 0.29) is 23.0 Å². The number of phenolic OH excluding ortho intramolecular Hbond substituents is 4. The topological polar surface area (TPSA) is 296 Å². The third kappa shape index (κ3) is 7.94. The van der Waals surface area contributed by atoms with Crippen LogP contribution in [-0.2, 0) is 23.7 Å². The molecule has 294 valence electrons. The monoisotopic (exact) mass is 770 g/mol. The Balaban J connectivity index is 1.30. The molecule has 3 aromatic carbocycles. The molecule has 18 nitrogen and oxygen atoms in total. The lowest BCUT2D eigenvalue weighted by Crippen LogP contribution is -2.63. The highest BCUT2D eigenvalue weighted by Crippen LogP contribution is 2.45. The zero-order valence-corrected chi connectivity index (χ0v) is 28.8. The second-order valence-electron chi connectivity index (χ2n) is 12.8. The number of methoxy groups -OCH3 is 1. The van der Waals surface area contributed by atoms with Gasteiger partial charge < -0.3 is 79.2 Å². The number of ether oxygens (including phenoxy) is 5. The summed E-state index contributed by atoms with van der Waals surface area (Å²) in [6.07, 6.45) is -16.0. The van der Waals surface area contributed by atoms with Gasteiger partial charge in [-0.15, -0.1) is 0 Å². The largest absolute Gasteiger partial charge is 0.508 e. The van der Waals surface area contributed by atoms with Crippen molar-refractivity contribution in [1.82, 2.24) is 0 Å². The Morgan fingerprint density at radius 2 is 1.51 bits per heavy atom. The van der Waals surface area contributed by atoms with Gasteiger partial charge in [0.25, 0.3) is 0 Å². The van der Waals surface area contributed by atoms with Gasteiger partial charge in [-0.05, 0) is 48.0 Å². The van der Waals surface area contributed by atoms with Crippen molar-refractivity contribution in [1.29, 1.82) is 0 Å². The zero-order chi connectivity index (χ0) is 39.7. The molecule has 0 radical (unpaired) electrons. The van der Waals surface area contributed by atoms with Gasteiger partial charge in [-0.25, -0.2) is 4.79 Å². The molecule has 2 aliphatic rings. The summed E-state index contributed by atoms with van der Waals surface area (Å²) < 4.78 is 33.7. The number of phenols is 4. The quantitative estimate of drug-likeness (QED) is 0.0743. The van der Waals surface area contributed by atoms with Gasteiger partial charge in [0.05, 0.1) is 19.3 Å². The van der Waals surface area contributed by atoms with Gasteiger partial charge in [-0.2, -0.15) is 0 Å². The maximum Gasteiger partial charge on any atom is 0.330 e. The van der Waals surface area contributed by atoms with E-state index in [0.717, 1.165) is 18.2 Å². The van der Waals surface area contributed by atoms with Gasteiger partial charge in [0, 0.05) is 23.8 Å². The summed E-state index contributed by atoms with van der Waals surface area (Å²) in [5.41, 5.74) is -0.899. The molecule has 1 aromatic heterocycles. The van der Waals surface area contributed by atoms with Crippen molar-refractivity contribution in [3.8, 4) is 40.1 Å². The Kier molecular flexibility index (Phi) is 11.6. The molecule has 18 heteroatoms. The van der Waals surface area contributed by atoms with Crippen LogP contribution in [0.3, 0.4) is 0 Å². The zero-order valence-electron chi connectivity index (χ0n) is 28.8. The normalized spacial score (nSPS) is 28.3. The second kappa shape index (κ2) is 16.2. The van der Waals surface area contributed by atoms with Gasteiger partial charge in [0.2, 0.25) is 0 Å². The van der Waals surface area contributed by atoms with E-state index in [1.165, 1.54) is 55.7 Å². The summed E-state index contributed by atoms with van der Waals surface area (Å²) in [6, 6.07) is 11.6. The molecular weight excluding hydrogens is 732 g/mol. The number of benzene rings is 3. The molecule has 4 aromatic rings. The van der Waals surface area contributed by atoms with Gasteiger partial charge in [0.15, 0.2) is 28.8 Å². The van der Waals surface area contributed by atoms with Gasteiger partial charge in [-0.3, -0.25) is 4.79 Å². The predicted molar refractivity (Wildman–Crippen MR) is 186 cm³/mol. The van der Waals surface area contributed by atoms with E-state index in [1.807, 2.05) is 0 Å². The Morgan fingerprint density at radius 1 is 0.800 bits per heavy atom. The number of hydrogen-bond donors (Lipinski definition) is 10. The van der Waals surface area contributed by atoms with Crippen LogP contribution >= 0.6 is 0 Å². The van der Waals surface area contributed by atoms with Crippen LogP contribution in [0.5, 0.6) is 28.7 Å². The van der Waals surface area contributed by atoms with Crippen molar-refractivity contribution >= 4 is 23.0 Å². The summed E-state index contributed by atoms with van der Waals surface area (Å²) >= 11 is 0. The van der Waals surface area contributed by atoms with Crippen molar-refractivity contribution in [2.24, 2.45) is 0 Å². The van der Waals surface area contributed by atoms with Crippen LogP contribution in [0.15, 0.2) is 69.9 Å². The Hall–Kier alpha value is -5.28. The summed E-state index contributed by atoms with van der Waals surface area (Å²) in [6.45, 7) is -1.56. The Bertz CT molecular complexity index is 2100. The van der Waals surface area contributed by atoms with Crippen molar-refractivity contribution in [3.63, 3.8) is 0 Å². The Morgan fingerprint density at radius 3 is 2.20 bits per heavy atom. The van der Waals surface area contributed by atoms with Crippen molar-refractivity contribution in [3.05, 3.63) is 82.0 Å². The first-order valence-corrected chi connectivity index (χ1v) is 16.7. The molecule has 10 N–H and O–H groups in total. The number of carbonyl (C=O) groups excluding carboxylic acids is 1. The van der Waals surface area contributed by atoms with E-state index in [9.17, 15) is 60.7 Å². The number of carbonyl (C=O) groups is 1. The second-order valence-corrected chi connectivity index (χ2v) is 12.8. The molecule has 0 aliphatic carbocycles. The lowest BCUT2D eigenvalue weighted by molar-refractivity contribution is -0.342. The smallest absolute Gasteiger partial charge is 0.330 e. The summed E-state index contributed by atoms with van der Waals surface area (Å²) in [5.74, 6) is -2.51. The molecule has 3 heterocycles. The first kappa shape index (κ1) is 39.4. The van der Waals surface area contributed by atoms with E-state index in [2.05, 4.69) is 0 Å². The maximum atomic E-state index is 13.3. The minimum atomic E-state index is -2.03. The van der Waals surface area contributed by atoms with E-state index >= 15 is 0 Å². The standard InChI is InChI=1S/C37H38O18/c1-50-23-10-15(2-8-18(23)40)3-9-26(44)51-14-25-30(46)31(47)33(49)37(54-25)55-36-32(48)29(45)24(13-38)53-35(36)28-20(42)11-19(41)27-21(43)12-22(52-34(27)28)16-4-6-17(39)7-5-16/h2-12,24-25,29-33,35-42,45-49H,13-14H2,1H3/b9-3-/t24-,25-,29+,30+,31+,32+,33+,35-,36-,37+/m1/s1. The number of esters is 1. The molecule has 2 saturated heterocycles. The minimum Gasteiger partial charge on any atom is -0.508 e. The van der Waals surface area contributed by atoms with E-state index < -0.39 is 114 Å². The number of fused-ring (bicyclic) bond motifs is 1. The molecule has 0 amide bonds. The summed E-state index contributed by atoms with van der Waals surface area (Å²) in [7, 11) is 1.35. The average Bonchev–Trinajstić information content (AvgIpc) is 3.16. The number of rotatable bonds is 10. The molecular formula is C37H38O18. The molecule has 10 atom stereocenters. The Labute approximate surface area is 310 Å². The van der Waals surface area contributed by atoms with Crippen molar-refractivity contribution in [2.75, 3.05) is 20.3 Å². The van der Waals surface area contributed by atoms with Crippen molar-refractivity contribution < 1.29 is 84.0 Å². The van der Waals surface area contributed by atoms with Crippen molar-refractivity contribution in [2.45, 2.75) is 61.2 Å².